The van der Waals surface area contributed by atoms with Crippen molar-refractivity contribution in [2.24, 2.45) is 0 Å². The van der Waals surface area contributed by atoms with E-state index >= 15 is 0 Å². The molecular weight excluding hydrogens is 510 g/mol. The molecule has 0 unspecified atom stereocenters. The van der Waals surface area contributed by atoms with Gasteiger partial charge in [-0.2, -0.15) is 0 Å². The average molecular weight is 536 g/mol. The van der Waals surface area contributed by atoms with Crippen LogP contribution in [0.3, 0.4) is 0 Å². The van der Waals surface area contributed by atoms with Gasteiger partial charge in [0.25, 0.3) is 0 Å². The van der Waals surface area contributed by atoms with E-state index in [9.17, 15) is 0 Å². The lowest BCUT2D eigenvalue weighted by Crippen LogP contribution is -2.00. The Morgan fingerprint density at radius 1 is 0.381 bits per heavy atom. The lowest BCUT2D eigenvalue weighted by Gasteiger charge is -2.23. The predicted octanol–water partition coefficient (Wildman–Crippen LogP) is 11.0. The molecule has 0 amide bonds. The molecule has 1 aliphatic rings. The number of hydrogen-bond donors (Lipinski definition) is 0. The monoisotopic (exact) mass is 535 g/mol. The van der Waals surface area contributed by atoms with E-state index in [4.69, 9.17) is 4.74 Å². The first-order chi connectivity index (χ1) is 20.8. The van der Waals surface area contributed by atoms with Gasteiger partial charge in [0.05, 0.1) is 16.7 Å². The van der Waals surface area contributed by atoms with Gasteiger partial charge in [0.1, 0.15) is 11.5 Å². The van der Waals surface area contributed by atoms with Crippen LogP contribution in [-0.4, -0.2) is 4.57 Å². The molecule has 0 fully saturated rings. The van der Waals surface area contributed by atoms with Crippen molar-refractivity contribution in [2.45, 2.75) is 0 Å². The quantitative estimate of drug-likeness (QED) is 0.219. The summed E-state index contributed by atoms with van der Waals surface area (Å²) >= 11 is 0. The molecule has 2 nitrogen and oxygen atoms in total. The van der Waals surface area contributed by atoms with E-state index in [1.165, 1.54) is 54.8 Å². The molecule has 7 aromatic carbocycles. The Morgan fingerprint density at radius 3 is 1.83 bits per heavy atom. The van der Waals surface area contributed by atoms with Crippen molar-refractivity contribution >= 4 is 32.6 Å². The molecule has 1 aliphatic heterocycles. The summed E-state index contributed by atoms with van der Waals surface area (Å²) in [4.78, 5) is 0. The molecule has 0 bridgehead atoms. The van der Waals surface area contributed by atoms with Crippen LogP contribution in [0.15, 0.2) is 152 Å². The first-order valence-electron chi connectivity index (χ1n) is 14.4. The van der Waals surface area contributed by atoms with E-state index in [1.54, 1.807) is 0 Å². The third-order valence-corrected chi connectivity index (χ3v) is 8.61. The Bertz CT molecular complexity index is 2270. The number of para-hydroxylation sites is 3. The van der Waals surface area contributed by atoms with Crippen molar-refractivity contribution in [1.82, 2.24) is 4.57 Å². The molecule has 42 heavy (non-hydrogen) atoms. The van der Waals surface area contributed by atoms with E-state index in [0.717, 1.165) is 28.3 Å². The van der Waals surface area contributed by atoms with E-state index in [2.05, 4.69) is 156 Å². The second kappa shape index (κ2) is 8.95. The predicted molar refractivity (Wildman–Crippen MR) is 175 cm³/mol. The first kappa shape index (κ1) is 23.1. The number of nitrogens with zero attached hydrogens (tertiary/aromatic N) is 1. The number of aromatic nitrogens is 1. The van der Waals surface area contributed by atoms with Crippen LogP contribution in [0.4, 0.5) is 0 Å². The highest BCUT2D eigenvalue weighted by atomic mass is 16.5. The van der Waals surface area contributed by atoms with E-state index in [1.807, 2.05) is 0 Å². The van der Waals surface area contributed by atoms with Gasteiger partial charge in [0, 0.05) is 27.3 Å². The molecule has 0 saturated heterocycles. The van der Waals surface area contributed by atoms with Gasteiger partial charge < -0.3 is 9.30 Å². The zero-order chi connectivity index (χ0) is 27.6. The fourth-order valence-corrected chi connectivity index (χ4v) is 6.76. The molecule has 0 radical (unpaired) electrons. The smallest absolute Gasteiger partial charge is 0.135 e. The third-order valence-electron chi connectivity index (χ3n) is 8.61. The third kappa shape index (κ3) is 3.33. The molecule has 0 atom stereocenters. The zero-order valence-electron chi connectivity index (χ0n) is 22.8. The highest BCUT2D eigenvalue weighted by molar-refractivity contribution is 6.11. The lowest BCUT2D eigenvalue weighted by molar-refractivity contribution is 0.487. The fourth-order valence-electron chi connectivity index (χ4n) is 6.76. The molecule has 0 aliphatic carbocycles. The summed E-state index contributed by atoms with van der Waals surface area (Å²) in [5.74, 6) is 1.80. The lowest BCUT2D eigenvalue weighted by atomic mass is 9.89. The van der Waals surface area contributed by atoms with Crippen molar-refractivity contribution in [3.63, 3.8) is 0 Å². The number of hydrogen-bond acceptors (Lipinski definition) is 1. The zero-order valence-corrected chi connectivity index (χ0v) is 22.8. The summed E-state index contributed by atoms with van der Waals surface area (Å²) < 4.78 is 8.94. The molecular formula is C40H25NO. The van der Waals surface area contributed by atoms with Gasteiger partial charge in [-0.1, -0.05) is 115 Å². The van der Waals surface area contributed by atoms with Crippen LogP contribution in [0.25, 0.3) is 71.6 Å². The molecule has 196 valence electrons. The number of fused-ring (bicyclic) bond motifs is 5. The van der Waals surface area contributed by atoms with Gasteiger partial charge in [-0.05, 0) is 64.0 Å². The molecule has 8 aromatic rings. The number of ether oxygens (including phenoxy) is 1. The summed E-state index contributed by atoms with van der Waals surface area (Å²) in [6.07, 6.45) is 0. The van der Waals surface area contributed by atoms with Crippen LogP contribution >= 0.6 is 0 Å². The number of benzene rings is 7. The maximum Gasteiger partial charge on any atom is 0.135 e. The van der Waals surface area contributed by atoms with Gasteiger partial charge in [0.2, 0.25) is 0 Å². The Morgan fingerprint density at radius 2 is 1.02 bits per heavy atom. The Balaban J connectivity index is 1.26. The molecule has 2 heteroatoms. The van der Waals surface area contributed by atoms with Gasteiger partial charge in [-0.25, -0.2) is 0 Å². The second-order valence-electron chi connectivity index (χ2n) is 10.9. The standard InChI is InChI=1S/C40H25NO/c1-2-11-26(12-3-1)28-22-24-39-40-32(28)16-10-17-33(40)34-25-27(21-23-38(34)42-39)29-13-4-7-18-35(29)41-36-19-8-5-14-30(36)31-15-6-9-20-37(31)41/h1-25H. The van der Waals surface area contributed by atoms with Crippen molar-refractivity contribution in [1.29, 1.82) is 0 Å². The van der Waals surface area contributed by atoms with Crippen LogP contribution in [0.5, 0.6) is 11.5 Å². The highest BCUT2D eigenvalue weighted by Crippen LogP contribution is 2.50. The minimum Gasteiger partial charge on any atom is -0.456 e. The fraction of sp³-hybridized carbons (Fsp3) is 0. The summed E-state index contributed by atoms with van der Waals surface area (Å²) in [6.45, 7) is 0. The van der Waals surface area contributed by atoms with Gasteiger partial charge in [0.15, 0.2) is 0 Å². The van der Waals surface area contributed by atoms with Crippen LogP contribution in [-0.2, 0) is 0 Å². The molecule has 9 rings (SSSR count). The second-order valence-corrected chi connectivity index (χ2v) is 10.9. The summed E-state index contributed by atoms with van der Waals surface area (Å²) in [6, 6.07) is 54.2. The first-order valence-corrected chi connectivity index (χ1v) is 14.4. The minimum atomic E-state index is 0.889. The maximum absolute atomic E-state index is 6.54. The molecule has 1 aromatic heterocycles. The largest absolute Gasteiger partial charge is 0.456 e. The van der Waals surface area contributed by atoms with Crippen molar-refractivity contribution in [3.8, 4) is 50.6 Å². The maximum atomic E-state index is 6.54. The molecule has 0 saturated carbocycles. The molecule has 0 spiro atoms. The molecule has 2 heterocycles. The topological polar surface area (TPSA) is 14.2 Å². The summed E-state index contributed by atoms with van der Waals surface area (Å²) in [7, 11) is 0. The van der Waals surface area contributed by atoms with E-state index < -0.39 is 0 Å². The normalized spacial score (nSPS) is 12.0. The molecule has 0 N–H and O–H groups in total. The Labute approximate surface area is 243 Å². The number of rotatable bonds is 3. The van der Waals surface area contributed by atoms with Crippen LogP contribution in [0.2, 0.25) is 0 Å². The van der Waals surface area contributed by atoms with E-state index in [-0.39, 0.29) is 0 Å². The Hall–Kier alpha value is -5.60. The highest BCUT2D eigenvalue weighted by Gasteiger charge is 2.23. The summed E-state index contributed by atoms with van der Waals surface area (Å²) in [5, 5.41) is 4.90. The van der Waals surface area contributed by atoms with Crippen LogP contribution < -0.4 is 4.74 Å². The Kier molecular flexibility index (Phi) is 4.93. The van der Waals surface area contributed by atoms with Crippen molar-refractivity contribution in [3.05, 3.63) is 152 Å². The van der Waals surface area contributed by atoms with Crippen molar-refractivity contribution in [2.75, 3.05) is 0 Å². The SMILES string of the molecule is c1ccc(-c2ccc3c4c(cccc24)-c2cc(-c4ccccc4-n4c5ccccc5c5ccccc54)ccc2O3)cc1. The average Bonchev–Trinajstić information content (AvgIpc) is 3.40. The van der Waals surface area contributed by atoms with Crippen LogP contribution in [0, 0.1) is 0 Å². The van der Waals surface area contributed by atoms with Gasteiger partial charge in [-0.15, -0.1) is 0 Å². The van der Waals surface area contributed by atoms with Gasteiger partial charge in [-0.3, -0.25) is 0 Å². The van der Waals surface area contributed by atoms with Gasteiger partial charge >= 0.3 is 0 Å². The van der Waals surface area contributed by atoms with Crippen molar-refractivity contribution < 1.29 is 4.74 Å². The van der Waals surface area contributed by atoms with E-state index in [0.29, 0.717) is 0 Å². The van der Waals surface area contributed by atoms with Crippen LogP contribution in [0.1, 0.15) is 0 Å². The minimum absolute atomic E-state index is 0.889. The summed E-state index contributed by atoms with van der Waals surface area (Å²) in [5.41, 5.74) is 10.7.